The number of piperidine rings is 1. The minimum atomic E-state index is 0.935. The maximum Gasteiger partial charge on any atom is 0.00221 e. The van der Waals surface area contributed by atoms with Crippen LogP contribution in [-0.2, 0) is 6.42 Å². The van der Waals surface area contributed by atoms with E-state index in [1.807, 2.05) is 0 Å². The minimum absolute atomic E-state index is 0.935. The molecule has 1 aliphatic rings. The third-order valence-electron chi connectivity index (χ3n) is 3.63. The van der Waals surface area contributed by atoms with Crippen LogP contribution < -0.4 is 5.30 Å². The van der Waals surface area contributed by atoms with E-state index in [0.717, 1.165) is 5.92 Å². The Morgan fingerprint density at radius 1 is 1.25 bits per heavy atom. The molecule has 2 heteroatoms. The van der Waals surface area contributed by atoms with Crippen molar-refractivity contribution < 1.29 is 0 Å². The minimum Gasteiger partial charge on any atom is -0.303 e. The SMILES string of the molecule is CC1CCN(CCc2ccccc2P)CC1. The van der Waals surface area contributed by atoms with Crippen molar-refractivity contribution in [2.45, 2.75) is 26.2 Å². The molecule has 16 heavy (non-hydrogen) atoms. The zero-order chi connectivity index (χ0) is 11.4. The molecule has 1 aromatic carbocycles. The summed E-state index contributed by atoms with van der Waals surface area (Å²) in [7, 11) is 2.84. The average Bonchev–Trinajstić information content (AvgIpc) is 2.30. The molecular weight excluding hydrogens is 213 g/mol. The first kappa shape index (κ1) is 12.1. The molecule has 1 saturated heterocycles. The van der Waals surface area contributed by atoms with E-state index in [1.165, 1.54) is 49.8 Å². The van der Waals surface area contributed by atoms with Crippen LogP contribution >= 0.6 is 9.24 Å². The lowest BCUT2D eigenvalue weighted by atomic mass is 9.99. The largest absolute Gasteiger partial charge is 0.303 e. The normalized spacial score (nSPS) is 18.9. The maximum atomic E-state index is 2.84. The smallest absolute Gasteiger partial charge is 0.00221 e. The highest BCUT2D eigenvalue weighted by Gasteiger charge is 2.15. The predicted molar refractivity (Wildman–Crippen MR) is 74.3 cm³/mol. The molecule has 0 amide bonds. The monoisotopic (exact) mass is 235 g/mol. The Morgan fingerprint density at radius 3 is 2.62 bits per heavy atom. The second kappa shape index (κ2) is 5.80. The van der Waals surface area contributed by atoms with E-state index in [1.54, 1.807) is 0 Å². The summed E-state index contributed by atoms with van der Waals surface area (Å²) >= 11 is 0. The summed E-state index contributed by atoms with van der Waals surface area (Å²) in [4.78, 5) is 2.61. The third-order valence-corrected chi connectivity index (χ3v) is 4.19. The van der Waals surface area contributed by atoms with Gasteiger partial charge in [0, 0.05) is 6.54 Å². The molecule has 1 fully saturated rings. The van der Waals surface area contributed by atoms with E-state index in [-0.39, 0.29) is 0 Å². The van der Waals surface area contributed by atoms with E-state index < -0.39 is 0 Å². The van der Waals surface area contributed by atoms with Crippen molar-refractivity contribution in [3.8, 4) is 0 Å². The lowest BCUT2D eigenvalue weighted by Crippen LogP contribution is -2.34. The first-order chi connectivity index (χ1) is 7.75. The van der Waals surface area contributed by atoms with Crippen molar-refractivity contribution in [1.82, 2.24) is 4.90 Å². The highest BCUT2D eigenvalue weighted by atomic mass is 31.0. The van der Waals surface area contributed by atoms with E-state index >= 15 is 0 Å². The van der Waals surface area contributed by atoms with Crippen LogP contribution in [0.1, 0.15) is 25.3 Å². The van der Waals surface area contributed by atoms with Crippen molar-refractivity contribution in [3.05, 3.63) is 29.8 Å². The van der Waals surface area contributed by atoms with Gasteiger partial charge in [-0.1, -0.05) is 31.2 Å². The van der Waals surface area contributed by atoms with Crippen molar-refractivity contribution in [2.24, 2.45) is 5.92 Å². The lowest BCUT2D eigenvalue weighted by molar-refractivity contribution is 0.194. The molecule has 0 saturated carbocycles. The standard InChI is InChI=1S/C14H22NP/c1-12-6-9-15(10-7-12)11-8-13-4-2-3-5-14(13)16/h2-5,12H,6-11,16H2,1H3. The number of hydrogen-bond donors (Lipinski definition) is 0. The summed E-state index contributed by atoms with van der Waals surface area (Å²) < 4.78 is 0. The molecule has 1 atom stereocenters. The van der Waals surface area contributed by atoms with Crippen LogP contribution in [0.2, 0.25) is 0 Å². The molecule has 2 rings (SSSR count). The summed E-state index contributed by atoms with van der Waals surface area (Å²) in [5, 5.41) is 1.35. The van der Waals surface area contributed by atoms with Crippen LogP contribution in [0.4, 0.5) is 0 Å². The van der Waals surface area contributed by atoms with Crippen molar-refractivity contribution in [1.29, 1.82) is 0 Å². The molecule has 0 spiro atoms. The van der Waals surface area contributed by atoms with Crippen LogP contribution in [0.3, 0.4) is 0 Å². The molecule has 0 radical (unpaired) electrons. The van der Waals surface area contributed by atoms with Gasteiger partial charge in [-0.05, 0) is 49.1 Å². The molecule has 0 aromatic heterocycles. The number of hydrogen-bond acceptors (Lipinski definition) is 1. The van der Waals surface area contributed by atoms with E-state index in [9.17, 15) is 0 Å². The molecule has 0 N–H and O–H groups in total. The second-order valence-corrected chi connectivity index (χ2v) is 5.59. The summed E-state index contributed by atoms with van der Waals surface area (Å²) in [6, 6.07) is 8.67. The third kappa shape index (κ3) is 3.30. The summed E-state index contributed by atoms with van der Waals surface area (Å²) in [5.74, 6) is 0.935. The van der Waals surface area contributed by atoms with Crippen LogP contribution in [0, 0.1) is 5.92 Å². The Kier molecular flexibility index (Phi) is 4.37. The highest BCUT2D eigenvalue weighted by Crippen LogP contribution is 2.16. The molecule has 88 valence electrons. The zero-order valence-corrected chi connectivity index (χ0v) is 11.3. The fraction of sp³-hybridized carbons (Fsp3) is 0.571. The molecule has 0 aliphatic carbocycles. The summed E-state index contributed by atoms with van der Waals surface area (Å²) in [6.45, 7) is 6.17. The van der Waals surface area contributed by atoms with Crippen LogP contribution in [0.5, 0.6) is 0 Å². The van der Waals surface area contributed by atoms with Gasteiger partial charge in [0.15, 0.2) is 0 Å². The molecule has 1 aliphatic heterocycles. The van der Waals surface area contributed by atoms with Crippen molar-refractivity contribution in [2.75, 3.05) is 19.6 Å². The van der Waals surface area contributed by atoms with Gasteiger partial charge in [0.1, 0.15) is 0 Å². The van der Waals surface area contributed by atoms with Crippen molar-refractivity contribution in [3.63, 3.8) is 0 Å². The Bertz CT molecular complexity index is 329. The first-order valence-corrected chi connectivity index (χ1v) is 6.89. The Balaban J connectivity index is 1.81. The van der Waals surface area contributed by atoms with Gasteiger partial charge in [-0.2, -0.15) is 0 Å². The number of rotatable bonds is 3. The molecule has 1 nitrogen and oxygen atoms in total. The van der Waals surface area contributed by atoms with Gasteiger partial charge in [-0.25, -0.2) is 0 Å². The molecule has 1 heterocycles. The number of likely N-dealkylation sites (tertiary alicyclic amines) is 1. The van der Waals surface area contributed by atoms with Gasteiger partial charge in [0.2, 0.25) is 0 Å². The lowest BCUT2D eigenvalue weighted by Gasteiger charge is -2.30. The summed E-state index contributed by atoms with van der Waals surface area (Å²) in [6.07, 6.45) is 3.94. The van der Waals surface area contributed by atoms with Gasteiger partial charge in [0.25, 0.3) is 0 Å². The molecule has 1 aromatic rings. The summed E-state index contributed by atoms with van der Waals surface area (Å²) in [5.41, 5.74) is 1.48. The Hall–Kier alpha value is -0.390. The maximum absolute atomic E-state index is 2.84. The van der Waals surface area contributed by atoms with Gasteiger partial charge < -0.3 is 4.90 Å². The molecular formula is C14H22NP. The first-order valence-electron chi connectivity index (χ1n) is 6.31. The molecule has 1 unspecified atom stereocenters. The van der Waals surface area contributed by atoms with Gasteiger partial charge in [-0.15, -0.1) is 9.24 Å². The van der Waals surface area contributed by atoms with E-state index in [4.69, 9.17) is 0 Å². The molecule has 0 bridgehead atoms. The van der Waals surface area contributed by atoms with E-state index in [2.05, 4.69) is 45.3 Å². The van der Waals surface area contributed by atoms with Gasteiger partial charge in [-0.3, -0.25) is 0 Å². The quantitative estimate of drug-likeness (QED) is 0.727. The topological polar surface area (TPSA) is 3.24 Å². The zero-order valence-electron chi connectivity index (χ0n) is 10.2. The second-order valence-electron chi connectivity index (χ2n) is 4.97. The fourth-order valence-corrected chi connectivity index (χ4v) is 2.68. The predicted octanol–water partition coefficient (Wildman–Crippen LogP) is 2.46. The van der Waals surface area contributed by atoms with Crippen LogP contribution in [0.25, 0.3) is 0 Å². The number of benzene rings is 1. The fourth-order valence-electron chi connectivity index (χ4n) is 2.33. The Morgan fingerprint density at radius 2 is 1.94 bits per heavy atom. The number of nitrogens with zero attached hydrogens (tertiary/aromatic N) is 1. The van der Waals surface area contributed by atoms with Crippen LogP contribution in [-0.4, -0.2) is 24.5 Å². The van der Waals surface area contributed by atoms with Gasteiger partial charge >= 0.3 is 0 Å². The van der Waals surface area contributed by atoms with E-state index in [0.29, 0.717) is 0 Å². The van der Waals surface area contributed by atoms with Gasteiger partial charge in [0.05, 0.1) is 0 Å². The Labute approximate surface area is 101 Å². The van der Waals surface area contributed by atoms with Crippen molar-refractivity contribution >= 4 is 14.5 Å². The van der Waals surface area contributed by atoms with Crippen LogP contribution in [0.15, 0.2) is 24.3 Å². The average molecular weight is 235 g/mol. The highest BCUT2D eigenvalue weighted by molar-refractivity contribution is 7.27.